The van der Waals surface area contributed by atoms with Gasteiger partial charge < -0.3 is 10.1 Å². The third-order valence-electron chi connectivity index (χ3n) is 4.19. The van der Waals surface area contributed by atoms with Crippen LogP contribution in [0.5, 0.6) is 0 Å². The molecule has 0 amide bonds. The van der Waals surface area contributed by atoms with Crippen LogP contribution in [-0.4, -0.2) is 29.7 Å². The zero-order valence-corrected chi connectivity index (χ0v) is 13.9. The number of nitrogens with one attached hydrogen (secondary N) is 1. The van der Waals surface area contributed by atoms with Crippen LogP contribution >= 0.6 is 0 Å². The number of ether oxygens (including phenoxy) is 1. The van der Waals surface area contributed by atoms with Crippen molar-refractivity contribution in [2.45, 2.75) is 71.4 Å². The first-order valence-electron chi connectivity index (χ1n) is 8.38. The summed E-state index contributed by atoms with van der Waals surface area (Å²) in [5.41, 5.74) is 3.75. The van der Waals surface area contributed by atoms with Crippen molar-refractivity contribution in [3.63, 3.8) is 0 Å². The Hall–Kier alpha value is -1.00. The monoisotopic (exact) mass is 291 g/mol. The average Bonchev–Trinajstić information content (AvgIpc) is 3.33. The van der Waals surface area contributed by atoms with E-state index in [0.29, 0.717) is 0 Å². The van der Waals surface area contributed by atoms with Gasteiger partial charge in [-0.2, -0.15) is 0 Å². The number of hydrogen-bond donors (Lipinski definition) is 1. The Morgan fingerprint density at radius 3 is 2.19 bits per heavy atom. The standard InChI is InChI=1S/C17H29N3O/c1-5-14-13(10-11-18-12-8-9-12)15(6-2)20-17(19-14)16(7-3)21-4/h12,16,18H,5-11H2,1-4H3. The Morgan fingerprint density at radius 2 is 1.76 bits per heavy atom. The highest BCUT2D eigenvalue weighted by molar-refractivity contribution is 5.27. The van der Waals surface area contributed by atoms with E-state index in [2.05, 4.69) is 26.1 Å². The molecule has 4 heteroatoms. The third-order valence-corrected chi connectivity index (χ3v) is 4.19. The van der Waals surface area contributed by atoms with Crippen LogP contribution in [0.3, 0.4) is 0 Å². The molecule has 1 fully saturated rings. The SMILES string of the molecule is CCc1nc(C(CC)OC)nc(CC)c1CCNC1CC1. The fraction of sp³-hybridized carbons (Fsp3) is 0.765. The molecule has 1 N–H and O–H groups in total. The van der Waals surface area contributed by atoms with Gasteiger partial charge in [-0.05, 0) is 50.6 Å². The molecule has 0 aromatic carbocycles. The largest absolute Gasteiger partial charge is 0.373 e. The molecule has 1 aliphatic rings. The molecule has 1 unspecified atom stereocenters. The van der Waals surface area contributed by atoms with Gasteiger partial charge in [-0.25, -0.2) is 9.97 Å². The minimum atomic E-state index is 0.0132. The number of hydrogen-bond acceptors (Lipinski definition) is 4. The molecule has 1 atom stereocenters. The quantitative estimate of drug-likeness (QED) is 0.760. The van der Waals surface area contributed by atoms with E-state index in [4.69, 9.17) is 14.7 Å². The molecule has 1 heterocycles. The lowest BCUT2D eigenvalue weighted by molar-refractivity contribution is 0.0921. The lowest BCUT2D eigenvalue weighted by atomic mass is 10.0. The van der Waals surface area contributed by atoms with Gasteiger partial charge in [-0.15, -0.1) is 0 Å². The minimum Gasteiger partial charge on any atom is -0.373 e. The number of nitrogens with zero attached hydrogens (tertiary/aromatic N) is 2. The molecular weight excluding hydrogens is 262 g/mol. The summed E-state index contributed by atoms with van der Waals surface area (Å²) in [6, 6.07) is 0.762. The summed E-state index contributed by atoms with van der Waals surface area (Å²) in [4.78, 5) is 9.58. The van der Waals surface area contributed by atoms with Crippen LogP contribution in [0.25, 0.3) is 0 Å². The Bertz CT molecular complexity index is 428. The highest BCUT2D eigenvalue weighted by atomic mass is 16.5. The van der Waals surface area contributed by atoms with Gasteiger partial charge in [-0.3, -0.25) is 0 Å². The highest BCUT2D eigenvalue weighted by Crippen LogP contribution is 2.22. The molecule has 21 heavy (non-hydrogen) atoms. The predicted octanol–water partition coefficient (Wildman–Crippen LogP) is 2.99. The molecule has 0 spiro atoms. The summed E-state index contributed by atoms with van der Waals surface area (Å²) < 4.78 is 5.51. The van der Waals surface area contributed by atoms with Gasteiger partial charge >= 0.3 is 0 Å². The van der Waals surface area contributed by atoms with E-state index in [1.54, 1.807) is 7.11 Å². The summed E-state index contributed by atoms with van der Waals surface area (Å²) in [6.45, 7) is 7.51. The van der Waals surface area contributed by atoms with E-state index in [0.717, 1.165) is 44.1 Å². The molecule has 0 radical (unpaired) electrons. The molecule has 1 aromatic heterocycles. The second-order valence-electron chi connectivity index (χ2n) is 5.77. The smallest absolute Gasteiger partial charge is 0.157 e. The van der Waals surface area contributed by atoms with E-state index in [-0.39, 0.29) is 6.10 Å². The first kappa shape index (κ1) is 16.4. The van der Waals surface area contributed by atoms with E-state index in [1.165, 1.54) is 29.8 Å². The van der Waals surface area contributed by atoms with Gasteiger partial charge in [0.1, 0.15) is 6.10 Å². The fourth-order valence-electron chi connectivity index (χ4n) is 2.76. The molecule has 1 aromatic rings. The van der Waals surface area contributed by atoms with E-state index in [9.17, 15) is 0 Å². The molecule has 4 nitrogen and oxygen atoms in total. The Labute approximate surface area is 128 Å². The van der Waals surface area contributed by atoms with Crippen LogP contribution in [0.2, 0.25) is 0 Å². The lowest BCUT2D eigenvalue weighted by Gasteiger charge is -2.18. The molecule has 1 aliphatic carbocycles. The highest BCUT2D eigenvalue weighted by Gasteiger charge is 2.21. The topological polar surface area (TPSA) is 47.0 Å². The van der Waals surface area contributed by atoms with E-state index in [1.807, 2.05) is 0 Å². The number of methoxy groups -OCH3 is 1. The molecule has 118 valence electrons. The fourth-order valence-corrected chi connectivity index (χ4v) is 2.76. The third kappa shape index (κ3) is 4.24. The average molecular weight is 291 g/mol. The van der Waals surface area contributed by atoms with Gasteiger partial charge in [0.25, 0.3) is 0 Å². The second-order valence-corrected chi connectivity index (χ2v) is 5.77. The van der Waals surface area contributed by atoms with Crippen LogP contribution in [-0.2, 0) is 24.0 Å². The summed E-state index contributed by atoms with van der Waals surface area (Å²) in [6.07, 6.45) is 6.55. The van der Waals surface area contributed by atoms with E-state index < -0.39 is 0 Å². The van der Waals surface area contributed by atoms with Crippen LogP contribution in [0, 0.1) is 0 Å². The van der Waals surface area contributed by atoms with Crippen LogP contribution in [0.4, 0.5) is 0 Å². The van der Waals surface area contributed by atoms with Crippen LogP contribution in [0.15, 0.2) is 0 Å². The van der Waals surface area contributed by atoms with Gasteiger partial charge in [0.05, 0.1) is 0 Å². The number of rotatable bonds is 9. The second kappa shape index (κ2) is 7.85. The van der Waals surface area contributed by atoms with Crippen LogP contribution in [0.1, 0.15) is 68.9 Å². The van der Waals surface area contributed by atoms with Gasteiger partial charge in [0, 0.05) is 24.5 Å². The van der Waals surface area contributed by atoms with Gasteiger partial charge in [0.15, 0.2) is 5.82 Å². The zero-order valence-electron chi connectivity index (χ0n) is 13.9. The van der Waals surface area contributed by atoms with Crippen molar-refractivity contribution in [1.29, 1.82) is 0 Å². The summed E-state index contributed by atoms with van der Waals surface area (Å²) in [7, 11) is 1.74. The van der Waals surface area contributed by atoms with Crippen molar-refractivity contribution in [3.8, 4) is 0 Å². The summed E-state index contributed by atoms with van der Waals surface area (Å²) in [5.74, 6) is 0.854. The Kier molecular flexibility index (Phi) is 6.12. The first-order valence-corrected chi connectivity index (χ1v) is 8.38. The number of aryl methyl sites for hydroxylation is 2. The maximum Gasteiger partial charge on any atom is 0.157 e. The Balaban J connectivity index is 2.20. The molecule has 0 bridgehead atoms. The van der Waals surface area contributed by atoms with E-state index >= 15 is 0 Å². The summed E-state index contributed by atoms with van der Waals surface area (Å²) >= 11 is 0. The molecule has 1 saturated carbocycles. The molecular formula is C17H29N3O. The van der Waals surface area contributed by atoms with Gasteiger partial charge in [-0.1, -0.05) is 20.8 Å². The first-order chi connectivity index (χ1) is 10.2. The van der Waals surface area contributed by atoms with Crippen molar-refractivity contribution in [1.82, 2.24) is 15.3 Å². The van der Waals surface area contributed by atoms with Crippen molar-refractivity contribution < 1.29 is 4.74 Å². The molecule has 0 aliphatic heterocycles. The maximum absolute atomic E-state index is 5.51. The predicted molar refractivity (Wildman–Crippen MR) is 85.6 cm³/mol. The van der Waals surface area contributed by atoms with Crippen molar-refractivity contribution in [2.24, 2.45) is 0 Å². The molecule has 0 saturated heterocycles. The van der Waals surface area contributed by atoms with Crippen molar-refractivity contribution in [2.75, 3.05) is 13.7 Å². The normalized spacial score (nSPS) is 16.2. The summed E-state index contributed by atoms with van der Waals surface area (Å²) in [5, 5.41) is 3.59. The zero-order chi connectivity index (χ0) is 15.2. The van der Waals surface area contributed by atoms with Crippen molar-refractivity contribution >= 4 is 0 Å². The lowest BCUT2D eigenvalue weighted by Crippen LogP contribution is -2.22. The van der Waals surface area contributed by atoms with Crippen LogP contribution < -0.4 is 5.32 Å². The maximum atomic E-state index is 5.51. The Morgan fingerprint density at radius 1 is 1.14 bits per heavy atom. The minimum absolute atomic E-state index is 0.0132. The number of aromatic nitrogens is 2. The molecule has 2 rings (SSSR count). The van der Waals surface area contributed by atoms with Gasteiger partial charge in [0.2, 0.25) is 0 Å². The van der Waals surface area contributed by atoms with Crippen molar-refractivity contribution in [3.05, 3.63) is 22.8 Å².